The molecule has 1 fully saturated rings. The van der Waals surface area contributed by atoms with E-state index < -0.39 is 37.1 Å². The first-order valence-corrected chi connectivity index (χ1v) is 10.9. The SMILES string of the molecule is Cc1ccc([C@@H]2O[C@H](CO)[C@H](O)[C@@H](O)[C@H]2O)cc1Cc1ccc(-c2ccc(F)cc2)s1. The maximum Gasteiger partial charge on any atom is 0.123 e. The van der Waals surface area contributed by atoms with E-state index in [9.17, 15) is 24.8 Å². The predicted molar refractivity (Wildman–Crippen MR) is 116 cm³/mol. The smallest absolute Gasteiger partial charge is 0.123 e. The molecule has 1 aromatic heterocycles. The normalized spacial score (nSPS) is 26.2. The van der Waals surface area contributed by atoms with Gasteiger partial charge >= 0.3 is 0 Å². The number of rotatable bonds is 5. The summed E-state index contributed by atoms with van der Waals surface area (Å²) in [5, 5.41) is 40.0. The molecule has 7 heteroatoms. The van der Waals surface area contributed by atoms with E-state index in [0.717, 1.165) is 26.4 Å². The van der Waals surface area contributed by atoms with Crippen molar-refractivity contribution in [2.24, 2.45) is 0 Å². The highest BCUT2D eigenvalue weighted by atomic mass is 32.1. The van der Waals surface area contributed by atoms with E-state index in [-0.39, 0.29) is 5.82 Å². The van der Waals surface area contributed by atoms with Gasteiger partial charge in [-0.2, -0.15) is 0 Å². The summed E-state index contributed by atoms with van der Waals surface area (Å²) in [5.41, 5.74) is 3.75. The maximum atomic E-state index is 13.2. The number of aliphatic hydroxyl groups excluding tert-OH is 4. The van der Waals surface area contributed by atoms with E-state index in [1.165, 1.54) is 12.1 Å². The molecule has 4 N–H and O–H groups in total. The third kappa shape index (κ3) is 4.57. The molecule has 0 unspecified atom stereocenters. The molecule has 2 heterocycles. The number of benzene rings is 2. The molecule has 5 atom stereocenters. The molecule has 31 heavy (non-hydrogen) atoms. The average Bonchev–Trinajstić information content (AvgIpc) is 3.23. The topological polar surface area (TPSA) is 90.2 Å². The van der Waals surface area contributed by atoms with Gasteiger partial charge in [0.2, 0.25) is 0 Å². The van der Waals surface area contributed by atoms with Crippen LogP contribution in [0.3, 0.4) is 0 Å². The fourth-order valence-electron chi connectivity index (χ4n) is 3.87. The van der Waals surface area contributed by atoms with E-state index in [1.54, 1.807) is 23.5 Å². The van der Waals surface area contributed by atoms with Crippen LogP contribution in [-0.4, -0.2) is 51.4 Å². The van der Waals surface area contributed by atoms with Gasteiger partial charge in [-0.3, -0.25) is 0 Å². The lowest BCUT2D eigenvalue weighted by Gasteiger charge is -2.40. The van der Waals surface area contributed by atoms with E-state index >= 15 is 0 Å². The zero-order valence-electron chi connectivity index (χ0n) is 17.0. The summed E-state index contributed by atoms with van der Waals surface area (Å²) in [6, 6.07) is 16.2. The van der Waals surface area contributed by atoms with Crippen LogP contribution < -0.4 is 0 Å². The molecular weight excluding hydrogens is 419 g/mol. The highest BCUT2D eigenvalue weighted by Crippen LogP contribution is 2.35. The predicted octanol–water partition coefficient (Wildman–Crippen LogP) is 2.97. The highest BCUT2D eigenvalue weighted by molar-refractivity contribution is 7.15. The standard InChI is InChI=1S/C24H25FO5S/c1-13-2-3-15(24-23(29)22(28)21(27)19(12-26)30-24)10-16(13)11-18-8-9-20(31-18)14-4-6-17(25)7-5-14/h2-10,19,21-24,26-29H,11-12H2,1H3/t19-,21+,22-,23-,24+/m1/s1. The minimum Gasteiger partial charge on any atom is -0.394 e. The van der Waals surface area contributed by atoms with Gasteiger partial charge in [0.25, 0.3) is 0 Å². The van der Waals surface area contributed by atoms with Gasteiger partial charge in [-0.05, 0) is 53.4 Å². The molecule has 0 saturated carbocycles. The van der Waals surface area contributed by atoms with Crippen molar-refractivity contribution >= 4 is 11.3 Å². The Morgan fingerprint density at radius 3 is 2.39 bits per heavy atom. The third-order valence-corrected chi connectivity index (χ3v) is 6.88. The van der Waals surface area contributed by atoms with Crippen LogP contribution in [0.25, 0.3) is 10.4 Å². The van der Waals surface area contributed by atoms with E-state index in [4.69, 9.17) is 4.74 Å². The Morgan fingerprint density at radius 2 is 1.68 bits per heavy atom. The fraction of sp³-hybridized carbons (Fsp3) is 0.333. The van der Waals surface area contributed by atoms with Crippen LogP contribution in [0.2, 0.25) is 0 Å². The Balaban J connectivity index is 1.57. The molecule has 5 nitrogen and oxygen atoms in total. The molecule has 164 valence electrons. The molecular formula is C24H25FO5S. The molecule has 0 radical (unpaired) electrons. The summed E-state index contributed by atoms with van der Waals surface area (Å²) in [4.78, 5) is 2.19. The Labute approximate surface area is 184 Å². The first-order chi connectivity index (χ1) is 14.9. The Bertz CT molecular complexity index is 1030. The molecule has 3 aromatic rings. The number of hydrogen-bond acceptors (Lipinski definition) is 6. The monoisotopic (exact) mass is 444 g/mol. The summed E-state index contributed by atoms with van der Waals surface area (Å²) in [7, 11) is 0. The number of aliphatic hydroxyl groups is 4. The van der Waals surface area contributed by atoms with Crippen molar-refractivity contribution in [2.75, 3.05) is 6.61 Å². The first-order valence-electron chi connectivity index (χ1n) is 10.1. The van der Waals surface area contributed by atoms with Crippen molar-refractivity contribution in [3.05, 3.63) is 82.0 Å². The van der Waals surface area contributed by atoms with Gasteiger partial charge in [-0.1, -0.05) is 30.3 Å². The summed E-state index contributed by atoms with van der Waals surface area (Å²) in [6.07, 6.45) is -5.21. The van der Waals surface area contributed by atoms with Crippen molar-refractivity contribution < 1.29 is 29.6 Å². The lowest BCUT2D eigenvalue weighted by molar-refractivity contribution is -0.231. The number of aryl methyl sites for hydroxylation is 1. The van der Waals surface area contributed by atoms with Gasteiger partial charge in [0.05, 0.1) is 6.61 Å². The third-order valence-electron chi connectivity index (χ3n) is 5.75. The van der Waals surface area contributed by atoms with Gasteiger partial charge < -0.3 is 25.2 Å². The van der Waals surface area contributed by atoms with Crippen molar-refractivity contribution in [1.82, 2.24) is 0 Å². The largest absolute Gasteiger partial charge is 0.394 e. The molecule has 4 rings (SSSR count). The molecule has 1 saturated heterocycles. The Hall–Kier alpha value is -2.13. The van der Waals surface area contributed by atoms with Gasteiger partial charge in [-0.15, -0.1) is 11.3 Å². The van der Waals surface area contributed by atoms with Crippen molar-refractivity contribution in [1.29, 1.82) is 0 Å². The van der Waals surface area contributed by atoms with E-state index in [0.29, 0.717) is 12.0 Å². The van der Waals surface area contributed by atoms with Gasteiger partial charge in [0, 0.05) is 16.2 Å². The average molecular weight is 445 g/mol. The van der Waals surface area contributed by atoms with E-state index in [2.05, 4.69) is 0 Å². The molecule has 2 aromatic carbocycles. The minimum atomic E-state index is -1.41. The van der Waals surface area contributed by atoms with E-state index in [1.807, 2.05) is 37.3 Å². The van der Waals surface area contributed by atoms with Crippen LogP contribution in [0.15, 0.2) is 54.6 Å². The molecule has 0 spiro atoms. The van der Waals surface area contributed by atoms with Gasteiger partial charge in [-0.25, -0.2) is 4.39 Å². The van der Waals surface area contributed by atoms with Crippen LogP contribution >= 0.6 is 11.3 Å². The zero-order valence-corrected chi connectivity index (χ0v) is 17.8. The van der Waals surface area contributed by atoms with Crippen LogP contribution in [0.4, 0.5) is 4.39 Å². The number of hydrogen-bond donors (Lipinski definition) is 4. The van der Waals surface area contributed by atoms with Crippen molar-refractivity contribution in [2.45, 2.75) is 43.9 Å². The van der Waals surface area contributed by atoms with Crippen molar-refractivity contribution in [3.8, 4) is 10.4 Å². The quantitative estimate of drug-likeness (QED) is 0.486. The Kier molecular flexibility index (Phi) is 6.52. The zero-order chi connectivity index (χ0) is 22.1. The van der Waals surface area contributed by atoms with Crippen LogP contribution in [-0.2, 0) is 11.2 Å². The second-order valence-electron chi connectivity index (χ2n) is 7.89. The number of ether oxygens (including phenoxy) is 1. The minimum absolute atomic E-state index is 0.263. The lowest BCUT2D eigenvalue weighted by Crippen LogP contribution is -2.55. The molecule has 0 aliphatic carbocycles. The maximum absolute atomic E-state index is 13.2. The van der Waals surface area contributed by atoms with Crippen LogP contribution in [0.1, 0.15) is 27.7 Å². The summed E-state index contributed by atoms with van der Waals surface area (Å²) in [5.74, 6) is -0.263. The summed E-state index contributed by atoms with van der Waals surface area (Å²) < 4.78 is 18.9. The van der Waals surface area contributed by atoms with Crippen LogP contribution in [0.5, 0.6) is 0 Å². The van der Waals surface area contributed by atoms with Crippen LogP contribution in [0, 0.1) is 12.7 Å². The highest BCUT2D eigenvalue weighted by Gasteiger charge is 2.43. The van der Waals surface area contributed by atoms with Crippen molar-refractivity contribution in [3.63, 3.8) is 0 Å². The summed E-state index contributed by atoms with van der Waals surface area (Å²) in [6.45, 7) is 1.54. The molecule has 0 amide bonds. The fourth-order valence-corrected chi connectivity index (χ4v) is 4.90. The summed E-state index contributed by atoms with van der Waals surface area (Å²) >= 11 is 1.63. The number of halogens is 1. The van der Waals surface area contributed by atoms with Gasteiger partial charge in [0.15, 0.2) is 0 Å². The molecule has 1 aliphatic heterocycles. The van der Waals surface area contributed by atoms with Gasteiger partial charge in [0.1, 0.15) is 36.3 Å². The second kappa shape index (κ2) is 9.16. The Morgan fingerprint density at radius 1 is 0.935 bits per heavy atom. The second-order valence-corrected chi connectivity index (χ2v) is 9.05. The first kappa shape index (κ1) is 22.1. The number of thiophene rings is 1. The molecule has 1 aliphatic rings. The molecule has 0 bridgehead atoms. The lowest BCUT2D eigenvalue weighted by atomic mass is 9.89.